The fraction of sp³-hybridized carbons (Fsp3) is 0.600. The second-order valence-electron chi connectivity index (χ2n) is 3.92. The van der Waals surface area contributed by atoms with Crippen LogP contribution in [0.5, 0.6) is 0 Å². The van der Waals surface area contributed by atoms with Crippen LogP contribution in [0.25, 0.3) is 0 Å². The average molecular weight is 227 g/mol. The molecule has 1 aliphatic rings. The van der Waals surface area contributed by atoms with Gasteiger partial charge in [-0.1, -0.05) is 11.6 Å². The lowest BCUT2D eigenvalue weighted by molar-refractivity contribution is 0.313. The molecule has 2 N–H and O–H groups in total. The quantitative estimate of drug-likeness (QED) is 0.833. The molecule has 5 heteroatoms. The van der Waals surface area contributed by atoms with E-state index >= 15 is 0 Å². The van der Waals surface area contributed by atoms with Gasteiger partial charge in [-0.05, 0) is 25.4 Å². The summed E-state index contributed by atoms with van der Waals surface area (Å²) in [4.78, 5) is 10.6. The lowest BCUT2D eigenvalue weighted by Crippen LogP contribution is -2.23. The topological polar surface area (TPSA) is 55.0 Å². The van der Waals surface area contributed by atoms with Crippen LogP contribution in [0.1, 0.15) is 12.1 Å². The van der Waals surface area contributed by atoms with Crippen molar-refractivity contribution in [3.8, 4) is 0 Å². The van der Waals surface area contributed by atoms with E-state index in [1.807, 2.05) is 0 Å². The summed E-state index contributed by atoms with van der Waals surface area (Å²) in [5.74, 6) is 0.625. The number of aromatic nitrogens is 2. The van der Waals surface area contributed by atoms with Gasteiger partial charge >= 0.3 is 0 Å². The zero-order chi connectivity index (χ0) is 10.7. The maximum atomic E-state index is 5.95. The summed E-state index contributed by atoms with van der Waals surface area (Å²) in [5.41, 5.74) is 6.50. The molecule has 1 aliphatic heterocycles. The zero-order valence-corrected chi connectivity index (χ0v) is 9.32. The first kappa shape index (κ1) is 10.8. The summed E-state index contributed by atoms with van der Waals surface area (Å²) in [6.45, 7) is 3.67. The van der Waals surface area contributed by atoms with Crippen LogP contribution in [-0.2, 0) is 6.54 Å². The highest BCUT2D eigenvalue weighted by Crippen LogP contribution is 2.19. The van der Waals surface area contributed by atoms with Crippen molar-refractivity contribution in [2.24, 2.45) is 11.7 Å². The molecule has 2 heterocycles. The van der Waals surface area contributed by atoms with Gasteiger partial charge < -0.3 is 5.73 Å². The molecule has 0 unspecified atom stereocenters. The summed E-state index contributed by atoms with van der Waals surface area (Å²) < 4.78 is 0. The van der Waals surface area contributed by atoms with Crippen molar-refractivity contribution in [1.82, 2.24) is 14.9 Å². The average Bonchev–Trinajstić information content (AvgIpc) is 2.69. The number of hydrogen-bond acceptors (Lipinski definition) is 4. The third-order valence-corrected chi connectivity index (χ3v) is 3.12. The molecule has 1 aromatic heterocycles. The van der Waals surface area contributed by atoms with Crippen molar-refractivity contribution < 1.29 is 0 Å². The van der Waals surface area contributed by atoms with E-state index in [1.54, 1.807) is 12.4 Å². The highest BCUT2D eigenvalue weighted by Gasteiger charge is 2.22. The third kappa shape index (κ3) is 2.65. The predicted octanol–water partition coefficient (Wildman–Crippen LogP) is 0.911. The SMILES string of the molecule is NC[C@H]1CCN(Cc2nccnc2Cl)C1. The molecule has 1 aromatic rings. The lowest BCUT2D eigenvalue weighted by Gasteiger charge is -2.15. The van der Waals surface area contributed by atoms with E-state index in [2.05, 4.69) is 14.9 Å². The van der Waals surface area contributed by atoms with Gasteiger partial charge in [-0.3, -0.25) is 9.88 Å². The first-order valence-corrected chi connectivity index (χ1v) is 5.55. The Bertz CT molecular complexity index is 331. The van der Waals surface area contributed by atoms with E-state index in [4.69, 9.17) is 17.3 Å². The number of likely N-dealkylation sites (tertiary alicyclic amines) is 1. The zero-order valence-electron chi connectivity index (χ0n) is 8.56. The van der Waals surface area contributed by atoms with Crippen molar-refractivity contribution >= 4 is 11.6 Å². The lowest BCUT2D eigenvalue weighted by atomic mass is 10.1. The van der Waals surface area contributed by atoms with Crippen molar-refractivity contribution in [2.75, 3.05) is 19.6 Å². The standard InChI is InChI=1S/C10H15ClN4/c11-10-9(13-2-3-14-10)7-15-4-1-8(5-12)6-15/h2-3,8H,1,4-7,12H2/t8-/m1/s1. The molecule has 15 heavy (non-hydrogen) atoms. The van der Waals surface area contributed by atoms with Crippen molar-refractivity contribution in [3.63, 3.8) is 0 Å². The molecule has 82 valence electrons. The van der Waals surface area contributed by atoms with Crippen LogP contribution >= 0.6 is 11.6 Å². The minimum absolute atomic E-state index is 0.508. The van der Waals surface area contributed by atoms with Crippen molar-refractivity contribution in [1.29, 1.82) is 0 Å². The van der Waals surface area contributed by atoms with Gasteiger partial charge in [-0.25, -0.2) is 4.98 Å². The molecule has 1 atom stereocenters. The van der Waals surface area contributed by atoms with Gasteiger partial charge in [-0.2, -0.15) is 0 Å². The van der Waals surface area contributed by atoms with E-state index in [0.29, 0.717) is 11.1 Å². The number of halogens is 1. The maximum Gasteiger partial charge on any atom is 0.151 e. The summed E-state index contributed by atoms with van der Waals surface area (Å²) in [6.07, 6.45) is 4.46. The van der Waals surface area contributed by atoms with Crippen molar-refractivity contribution in [2.45, 2.75) is 13.0 Å². The largest absolute Gasteiger partial charge is 0.330 e. The van der Waals surface area contributed by atoms with E-state index < -0.39 is 0 Å². The van der Waals surface area contributed by atoms with Crippen LogP contribution in [-0.4, -0.2) is 34.5 Å². The van der Waals surface area contributed by atoms with Gasteiger partial charge in [-0.15, -0.1) is 0 Å². The summed E-state index contributed by atoms with van der Waals surface area (Å²) in [6, 6.07) is 0. The first-order valence-electron chi connectivity index (χ1n) is 5.17. The molecular formula is C10H15ClN4. The Balaban J connectivity index is 1.96. The summed E-state index contributed by atoms with van der Waals surface area (Å²) in [7, 11) is 0. The van der Waals surface area contributed by atoms with Crippen LogP contribution < -0.4 is 5.73 Å². The van der Waals surface area contributed by atoms with Crippen molar-refractivity contribution in [3.05, 3.63) is 23.2 Å². The van der Waals surface area contributed by atoms with Gasteiger partial charge in [0.05, 0.1) is 5.69 Å². The molecular weight excluding hydrogens is 212 g/mol. The molecule has 1 fully saturated rings. The minimum atomic E-state index is 0.508. The van der Waals surface area contributed by atoms with Gasteiger partial charge in [0.25, 0.3) is 0 Å². The Labute approximate surface area is 94.5 Å². The molecule has 1 saturated heterocycles. The third-order valence-electron chi connectivity index (χ3n) is 2.80. The maximum absolute atomic E-state index is 5.95. The van der Waals surface area contributed by atoms with Crippen LogP contribution in [0.2, 0.25) is 5.15 Å². The molecule has 0 saturated carbocycles. The van der Waals surface area contributed by atoms with Gasteiger partial charge in [0.2, 0.25) is 0 Å². The fourth-order valence-electron chi connectivity index (χ4n) is 1.92. The van der Waals surface area contributed by atoms with E-state index in [-0.39, 0.29) is 0 Å². The Morgan fingerprint density at radius 1 is 1.47 bits per heavy atom. The first-order chi connectivity index (χ1) is 7.29. The van der Waals surface area contributed by atoms with Gasteiger partial charge in [0, 0.05) is 25.5 Å². The molecule has 0 spiro atoms. The van der Waals surface area contributed by atoms with Crippen LogP contribution in [0.15, 0.2) is 12.4 Å². The van der Waals surface area contributed by atoms with Crippen LogP contribution in [0, 0.1) is 5.92 Å². The Morgan fingerprint density at radius 2 is 2.27 bits per heavy atom. The van der Waals surface area contributed by atoms with Gasteiger partial charge in [0.1, 0.15) is 0 Å². The highest BCUT2D eigenvalue weighted by atomic mass is 35.5. The molecule has 0 aromatic carbocycles. The second kappa shape index (κ2) is 4.88. The van der Waals surface area contributed by atoms with Gasteiger partial charge in [0.15, 0.2) is 5.15 Å². The Morgan fingerprint density at radius 3 is 2.93 bits per heavy atom. The number of nitrogens with two attached hydrogens (primary N) is 1. The van der Waals surface area contributed by atoms with Crippen LogP contribution in [0.4, 0.5) is 0 Å². The summed E-state index contributed by atoms with van der Waals surface area (Å²) in [5, 5.41) is 0.508. The fourth-order valence-corrected chi connectivity index (χ4v) is 2.08. The molecule has 2 rings (SSSR count). The Hall–Kier alpha value is -0.710. The molecule has 0 bridgehead atoms. The summed E-state index contributed by atoms with van der Waals surface area (Å²) >= 11 is 5.95. The molecule has 0 radical (unpaired) electrons. The highest BCUT2D eigenvalue weighted by molar-refractivity contribution is 6.29. The number of rotatable bonds is 3. The normalized spacial score (nSPS) is 22.1. The molecule has 0 aliphatic carbocycles. The minimum Gasteiger partial charge on any atom is -0.330 e. The van der Waals surface area contributed by atoms with E-state index in [1.165, 1.54) is 6.42 Å². The smallest absolute Gasteiger partial charge is 0.151 e. The van der Waals surface area contributed by atoms with E-state index in [9.17, 15) is 0 Å². The molecule has 4 nitrogen and oxygen atoms in total. The van der Waals surface area contributed by atoms with E-state index in [0.717, 1.165) is 31.9 Å². The number of hydrogen-bond donors (Lipinski definition) is 1. The predicted molar refractivity (Wildman–Crippen MR) is 59.5 cm³/mol. The second-order valence-corrected chi connectivity index (χ2v) is 4.28. The molecule has 0 amide bonds. The Kier molecular flexibility index (Phi) is 3.51. The van der Waals surface area contributed by atoms with Crippen LogP contribution in [0.3, 0.4) is 0 Å². The number of nitrogens with zero attached hydrogens (tertiary/aromatic N) is 3. The monoisotopic (exact) mass is 226 g/mol.